The SMILES string of the molecule is CC(CNc1nc2cc([N+](=O)[O-])ccc2o1)c1nccs1. The van der Waals surface area contributed by atoms with Crippen molar-refractivity contribution in [3.63, 3.8) is 0 Å². The molecule has 0 bridgehead atoms. The molecule has 8 heteroatoms. The lowest BCUT2D eigenvalue weighted by molar-refractivity contribution is -0.384. The topological polar surface area (TPSA) is 94.1 Å². The van der Waals surface area contributed by atoms with E-state index in [-0.39, 0.29) is 11.6 Å². The van der Waals surface area contributed by atoms with Crippen LogP contribution in [0.5, 0.6) is 0 Å². The van der Waals surface area contributed by atoms with Gasteiger partial charge in [-0.3, -0.25) is 10.1 Å². The molecule has 21 heavy (non-hydrogen) atoms. The van der Waals surface area contributed by atoms with Crippen LogP contribution in [0.15, 0.2) is 34.2 Å². The quantitative estimate of drug-likeness (QED) is 0.573. The molecule has 1 aromatic carbocycles. The Morgan fingerprint density at radius 1 is 1.52 bits per heavy atom. The largest absolute Gasteiger partial charge is 0.424 e. The lowest BCUT2D eigenvalue weighted by atomic mass is 10.2. The summed E-state index contributed by atoms with van der Waals surface area (Å²) in [6.45, 7) is 2.68. The van der Waals surface area contributed by atoms with Crippen LogP contribution >= 0.6 is 11.3 Å². The van der Waals surface area contributed by atoms with E-state index >= 15 is 0 Å². The van der Waals surface area contributed by atoms with Crippen LogP contribution in [0.1, 0.15) is 17.8 Å². The maximum Gasteiger partial charge on any atom is 0.295 e. The summed E-state index contributed by atoms with van der Waals surface area (Å²) in [5.74, 6) is 0.231. The van der Waals surface area contributed by atoms with Gasteiger partial charge in [0.05, 0.1) is 9.93 Å². The Balaban J connectivity index is 1.74. The number of nitro benzene ring substituents is 1. The Morgan fingerprint density at radius 2 is 2.38 bits per heavy atom. The number of benzene rings is 1. The molecule has 1 atom stereocenters. The van der Waals surface area contributed by atoms with E-state index in [9.17, 15) is 10.1 Å². The number of hydrogen-bond donors (Lipinski definition) is 1. The summed E-state index contributed by atoms with van der Waals surface area (Å²) < 4.78 is 5.51. The highest BCUT2D eigenvalue weighted by molar-refractivity contribution is 7.09. The average Bonchev–Trinajstić information content (AvgIpc) is 3.12. The van der Waals surface area contributed by atoms with E-state index in [4.69, 9.17) is 4.42 Å². The number of rotatable bonds is 5. The van der Waals surface area contributed by atoms with Gasteiger partial charge in [0, 0.05) is 36.2 Å². The van der Waals surface area contributed by atoms with Crippen LogP contribution in [0.4, 0.5) is 11.7 Å². The number of hydrogen-bond acceptors (Lipinski definition) is 7. The molecule has 0 saturated carbocycles. The fraction of sp³-hybridized carbons (Fsp3) is 0.231. The van der Waals surface area contributed by atoms with Crippen molar-refractivity contribution in [2.45, 2.75) is 12.8 Å². The Kier molecular flexibility index (Phi) is 3.53. The van der Waals surface area contributed by atoms with Gasteiger partial charge >= 0.3 is 0 Å². The standard InChI is InChI=1S/C13H12N4O3S/c1-8(12-14-4-5-21-12)7-15-13-16-10-6-9(17(18)19)2-3-11(10)20-13/h2-6,8H,7H2,1H3,(H,15,16). The molecule has 2 heterocycles. The Hall–Kier alpha value is -2.48. The number of aromatic nitrogens is 2. The number of anilines is 1. The Morgan fingerprint density at radius 3 is 3.10 bits per heavy atom. The summed E-state index contributed by atoms with van der Waals surface area (Å²) >= 11 is 1.60. The van der Waals surface area contributed by atoms with E-state index in [0.29, 0.717) is 23.7 Å². The van der Waals surface area contributed by atoms with Crippen molar-refractivity contribution >= 4 is 34.1 Å². The molecule has 0 saturated heterocycles. The number of nitro groups is 1. The van der Waals surface area contributed by atoms with Crippen molar-refractivity contribution in [2.75, 3.05) is 11.9 Å². The highest BCUT2D eigenvalue weighted by Crippen LogP contribution is 2.24. The second-order valence-electron chi connectivity index (χ2n) is 4.58. The van der Waals surface area contributed by atoms with Gasteiger partial charge in [-0.15, -0.1) is 11.3 Å². The molecule has 0 aliphatic carbocycles. The molecule has 1 unspecified atom stereocenters. The molecule has 0 aliphatic rings. The van der Waals surface area contributed by atoms with Crippen LogP contribution in [0.3, 0.4) is 0 Å². The summed E-state index contributed by atoms with van der Waals surface area (Å²) in [5.41, 5.74) is 0.983. The predicted molar refractivity (Wildman–Crippen MR) is 79.7 cm³/mol. The van der Waals surface area contributed by atoms with Crippen LogP contribution in [0.2, 0.25) is 0 Å². The molecule has 0 amide bonds. The molecule has 2 aromatic heterocycles. The molecule has 7 nitrogen and oxygen atoms in total. The first-order valence-corrected chi connectivity index (χ1v) is 7.19. The number of non-ortho nitro benzene ring substituents is 1. The smallest absolute Gasteiger partial charge is 0.295 e. The van der Waals surface area contributed by atoms with Gasteiger partial charge in [0.1, 0.15) is 5.52 Å². The molecular weight excluding hydrogens is 292 g/mol. The highest BCUT2D eigenvalue weighted by Gasteiger charge is 2.13. The molecule has 0 aliphatic heterocycles. The predicted octanol–water partition coefficient (Wildman–Crippen LogP) is 3.41. The van der Waals surface area contributed by atoms with Gasteiger partial charge < -0.3 is 9.73 Å². The average molecular weight is 304 g/mol. The fourth-order valence-corrected chi connectivity index (χ4v) is 2.61. The van der Waals surface area contributed by atoms with Gasteiger partial charge in [-0.25, -0.2) is 4.98 Å². The van der Waals surface area contributed by atoms with Crippen molar-refractivity contribution in [1.82, 2.24) is 9.97 Å². The summed E-state index contributed by atoms with van der Waals surface area (Å²) in [6, 6.07) is 4.70. The first-order chi connectivity index (χ1) is 10.1. The molecular formula is C13H12N4O3S. The van der Waals surface area contributed by atoms with Crippen LogP contribution in [0.25, 0.3) is 11.1 Å². The molecule has 0 radical (unpaired) electrons. The van der Waals surface area contributed by atoms with Crippen LogP contribution < -0.4 is 5.32 Å². The number of oxazole rings is 1. The summed E-state index contributed by atoms with van der Waals surface area (Å²) in [6.07, 6.45) is 1.77. The van der Waals surface area contributed by atoms with Crippen LogP contribution in [0, 0.1) is 10.1 Å². The third kappa shape index (κ3) is 2.84. The third-order valence-corrected chi connectivity index (χ3v) is 4.02. The minimum absolute atomic E-state index is 0.00139. The maximum absolute atomic E-state index is 10.7. The number of nitrogens with zero attached hydrogens (tertiary/aromatic N) is 3. The number of thiazole rings is 1. The van der Waals surface area contributed by atoms with E-state index < -0.39 is 4.92 Å². The first-order valence-electron chi connectivity index (χ1n) is 6.32. The Bertz CT molecular complexity index is 769. The summed E-state index contributed by atoms with van der Waals surface area (Å²) in [5, 5.41) is 16.8. The van der Waals surface area contributed by atoms with E-state index in [1.165, 1.54) is 12.1 Å². The lowest BCUT2D eigenvalue weighted by Gasteiger charge is -2.07. The van der Waals surface area contributed by atoms with Gasteiger partial charge in [0.25, 0.3) is 11.7 Å². The maximum atomic E-state index is 10.7. The molecule has 3 aromatic rings. The Labute approximate surface area is 123 Å². The van der Waals surface area contributed by atoms with Gasteiger partial charge in [-0.1, -0.05) is 6.92 Å². The normalized spacial score (nSPS) is 12.4. The van der Waals surface area contributed by atoms with Gasteiger partial charge in [-0.2, -0.15) is 4.98 Å². The zero-order valence-electron chi connectivity index (χ0n) is 11.1. The lowest BCUT2D eigenvalue weighted by Crippen LogP contribution is -2.09. The minimum Gasteiger partial charge on any atom is -0.424 e. The molecule has 0 fully saturated rings. The highest BCUT2D eigenvalue weighted by atomic mass is 32.1. The van der Waals surface area contributed by atoms with Crippen molar-refractivity contribution in [3.8, 4) is 0 Å². The molecule has 0 spiro atoms. The monoisotopic (exact) mass is 304 g/mol. The number of fused-ring (bicyclic) bond motifs is 1. The van der Waals surface area contributed by atoms with Gasteiger partial charge in [0.2, 0.25) is 0 Å². The van der Waals surface area contributed by atoms with Gasteiger partial charge in [0.15, 0.2) is 5.58 Å². The minimum atomic E-state index is -0.453. The molecule has 3 rings (SSSR count). The molecule has 108 valence electrons. The molecule has 1 N–H and O–H groups in total. The number of nitrogens with one attached hydrogen (secondary N) is 1. The fourth-order valence-electron chi connectivity index (χ4n) is 1.91. The van der Waals surface area contributed by atoms with Gasteiger partial charge in [-0.05, 0) is 6.07 Å². The zero-order valence-corrected chi connectivity index (χ0v) is 12.0. The van der Waals surface area contributed by atoms with E-state index in [2.05, 4.69) is 22.2 Å². The van der Waals surface area contributed by atoms with Crippen molar-refractivity contribution in [2.24, 2.45) is 0 Å². The third-order valence-electron chi connectivity index (χ3n) is 3.01. The zero-order chi connectivity index (χ0) is 14.8. The summed E-state index contributed by atoms with van der Waals surface area (Å²) in [7, 11) is 0. The van der Waals surface area contributed by atoms with E-state index in [1.54, 1.807) is 23.6 Å². The van der Waals surface area contributed by atoms with Crippen molar-refractivity contribution in [3.05, 3.63) is 44.9 Å². The summed E-state index contributed by atoms with van der Waals surface area (Å²) in [4.78, 5) is 18.7. The first kappa shape index (κ1) is 13.5. The van der Waals surface area contributed by atoms with Crippen molar-refractivity contribution in [1.29, 1.82) is 0 Å². The van der Waals surface area contributed by atoms with E-state index in [1.807, 2.05) is 5.38 Å². The van der Waals surface area contributed by atoms with Crippen LogP contribution in [-0.4, -0.2) is 21.4 Å². The second kappa shape index (κ2) is 5.49. The second-order valence-corrected chi connectivity index (χ2v) is 5.51. The van der Waals surface area contributed by atoms with E-state index in [0.717, 1.165) is 5.01 Å². The van der Waals surface area contributed by atoms with Crippen molar-refractivity contribution < 1.29 is 9.34 Å². The van der Waals surface area contributed by atoms with Crippen LogP contribution in [-0.2, 0) is 0 Å².